The third-order valence-corrected chi connectivity index (χ3v) is 6.93. The summed E-state index contributed by atoms with van der Waals surface area (Å²) in [6.45, 7) is 4.76. The van der Waals surface area contributed by atoms with Crippen molar-refractivity contribution >= 4 is 23.7 Å². The number of piperidine rings is 1. The molecule has 3 amide bonds. The van der Waals surface area contributed by atoms with Gasteiger partial charge in [-0.25, -0.2) is 9.18 Å². The van der Waals surface area contributed by atoms with Gasteiger partial charge in [-0.05, 0) is 62.7 Å². The van der Waals surface area contributed by atoms with Gasteiger partial charge in [0.25, 0.3) is 0 Å². The fourth-order valence-electron chi connectivity index (χ4n) is 4.03. The lowest BCUT2D eigenvalue weighted by Gasteiger charge is -2.26. The SMILES string of the molecule is CCNC(=O)NC(=O)[C@H](Sc1nnc(CN2CCCCC2)n1-c1ccc(F)cc1)c1ccccc1. The first-order chi connectivity index (χ1) is 17.0. The number of amides is 3. The second-order valence-corrected chi connectivity index (χ2v) is 9.38. The molecule has 1 fully saturated rings. The van der Waals surface area contributed by atoms with Crippen molar-refractivity contribution in [2.75, 3.05) is 19.6 Å². The van der Waals surface area contributed by atoms with E-state index in [0.717, 1.165) is 37.3 Å². The number of halogens is 1. The summed E-state index contributed by atoms with van der Waals surface area (Å²) in [4.78, 5) is 27.5. The summed E-state index contributed by atoms with van der Waals surface area (Å²) in [6, 6.07) is 14.8. The molecule has 184 valence electrons. The first-order valence-electron chi connectivity index (χ1n) is 11.8. The molecule has 10 heteroatoms. The Hall–Kier alpha value is -3.24. The van der Waals surface area contributed by atoms with E-state index in [1.807, 2.05) is 34.9 Å². The molecule has 0 aliphatic carbocycles. The van der Waals surface area contributed by atoms with Gasteiger partial charge < -0.3 is 5.32 Å². The van der Waals surface area contributed by atoms with Crippen LogP contribution in [0.15, 0.2) is 59.8 Å². The lowest BCUT2D eigenvalue weighted by atomic mass is 10.1. The van der Waals surface area contributed by atoms with E-state index in [0.29, 0.717) is 23.9 Å². The highest BCUT2D eigenvalue weighted by Crippen LogP contribution is 2.36. The number of nitrogens with zero attached hydrogens (tertiary/aromatic N) is 4. The molecule has 8 nitrogen and oxygen atoms in total. The number of hydrogen-bond acceptors (Lipinski definition) is 6. The number of urea groups is 1. The van der Waals surface area contributed by atoms with Crippen LogP contribution in [0, 0.1) is 5.82 Å². The van der Waals surface area contributed by atoms with Gasteiger partial charge in [-0.2, -0.15) is 0 Å². The zero-order valence-corrected chi connectivity index (χ0v) is 20.4. The van der Waals surface area contributed by atoms with E-state index in [9.17, 15) is 14.0 Å². The predicted octanol–water partition coefficient (Wildman–Crippen LogP) is 4.07. The number of carbonyl (C=O) groups excluding carboxylic acids is 2. The van der Waals surface area contributed by atoms with E-state index in [-0.39, 0.29) is 5.82 Å². The van der Waals surface area contributed by atoms with Crippen LogP contribution in [0.4, 0.5) is 9.18 Å². The molecule has 0 bridgehead atoms. The van der Waals surface area contributed by atoms with Crippen LogP contribution in [0.5, 0.6) is 0 Å². The van der Waals surface area contributed by atoms with Crippen LogP contribution in [-0.4, -0.2) is 51.2 Å². The van der Waals surface area contributed by atoms with Crippen LogP contribution in [0.1, 0.15) is 42.8 Å². The molecule has 0 unspecified atom stereocenters. The molecule has 2 aromatic carbocycles. The quantitative estimate of drug-likeness (QED) is 0.457. The lowest BCUT2D eigenvalue weighted by molar-refractivity contribution is -0.119. The number of likely N-dealkylation sites (tertiary alicyclic amines) is 1. The van der Waals surface area contributed by atoms with E-state index in [1.54, 1.807) is 19.1 Å². The molecule has 0 radical (unpaired) electrons. The van der Waals surface area contributed by atoms with E-state index < -0.39 is 17.2 Å². The van der Waals surface area contributed by atoms with Crippen LogP contribution >= 0.6 is 11.8 Å². The fourth-order valence-corrected chi connectivity index (χ4v) is 5.11. The molecule has 1 aromatic heterocycles. The molecule has 4 rings (SSSR count). The zero-order valence-electron chi connectivity index (χ0n) is 19.6. The van der Waals surface area contributed by atoms with Gasteiger partial charge in [0, 0.05) is 12.2 Å². The first-order valence-corrected chi connectivity index (χ1v) is 12.7. The van der Waals surface area contributed by atoms with Crippen molar-refractivity contribution in [3.05, 3.63) is 71.8 Å². The maximum atomic E-state index is 13.7. The summed E-state index contributed by atoms with van der Waals surface area (Å²) < 4.78 is 15.5. The van der Waals surface area contributed by atoms with Gasteiger partial charge in [0.1, 0.15) is 11.1 Å². The molecule has 0 spiro atoms. The molecule has 0 saturated carbocycles. The van der Waals surface area contributed by atoms with Gasteiger partial charge in [0.15, 0.2) is 11.0 Å². The maximum Gasteiger partial charge on any atom is 0.321 e. The van der Waals surface area contributed by atoms with Crippen molar-refractivity contribution < 1.29 is 14.0 Å². The molecule has 35 heavy (non-hydrogen) atoms. The van der Waals surface area contributed by atoms with Crippen LogP contribution < -0.4 is 10.6 Å². The summed E-state index contributed by atoms with van der Waals surface area (Å²) in [5, 5.41) is 13.6. The van der Waals surface area contributed by atoms with Gasteiger partial charge in [0.05, 0.1) is 6.54 Å². The standard InChI is InChI=1S/C25H29FN6O2S/c1-2-27-24(34)28-23(33)22(18-9-5-3-6-10-18)35-25-30-29-21(17-31-15-7-4-8-16-31)32(25)20-13-11-19(26)12-14-20/h3,5-6,9-14,22H,2,4,7-8,15-17H2,1H3,(H2,27,28,33,34)/t22-/m1/s1. The minimum Gasteiger partial charge on any atom is -0.338 e. The van der Waals surface area contributed by atoms with Crippen molar-refractivity contribution in [3.8, 4) is 5.69 Å². The molecular formula is C25H29FN6O2S. The molecule has 3 aromatic rings. The minimum atomic E-state index is -0.745. The van der Waals surface area contributed by atoms with Gasteiger partial charge in [0.2, 0.25) is 5.91 Å². The Kier molecular flexibility index (Phi) is 8.49. The second-order valence-electron chi connectivity index (χ2n) is 8.30. The van der Waals surface area contributed by atoms with Crippen LogP contribution in [0.2, 0.25) is 0 Å². The highest BCUT2D eigenvalue weighted by molar-refractivity contribution is 8.00. The van der Waals surface area contributed by atoms with Crippen LogP contribution in [0.25, 0.3) is 5.69 Å². The summed E-state index contributed by atoms with van der Waals surface area (Å²) in [6.07, 6.45) is 3.51. The van der Waals surface area contributed by atoms with Gasteiger partial charge in [-0.15, -0.1) is 10.2 Å². The van der Waals surface area contributed by atoms with Crippen molar-refractivity contribution in [2.45, 2.75) is 43.1 Å². The number of hydrogen-bond donors (Lipinski definition) is 2. The van der Waals surface area contributed by atoms with Gasteiger partial charge >= 0.3 is 6.03 Å². The summed E-state index contributed by atoms with van der Waals surface area (Å²) >= 11 is 1.20. The molecular weight excluding hydrogens is 467 g/mol. The smallest absolute Gasteiger partial charge is 0.321 e. The van der Waals surface area contributed by atoms with Crippen molar-refractivity contribution in [1.29, 1.82) is 0 Å². The van der Waals surface area contributed by atoms with Gasteiger partial charge in [-0.3, -0.25) is 19.6 Å². The fraction of sp³-hybridized carbons (Fsp3) is 0.360. The highest BCUT2D eigenvalue weighted by atomic mass is 32.2. The normalized spacial score (nSPS) is 14.9. The third-order valence-electron chi connectivity index (χ3n) is 5.74. The molecule has 1 aliphatic heterocycles. The number of rotatable bonds is 8. The zero-order chi connectivity index (χ0) is 24.6. The summed E-state index contributed by atoms with van der Waals surface area (Å²) in [5.74, 6) is -0.0765. The van der Waals surface area contributed by atoms with Crippen molar-refractivity contribution in [2.24, 2.45) is 0 Å². The van der Waals surface area contributed by atoms with Gasteiger partial charge in [-0.1, -0.05) is 48.5 Å². The molecule has 1 saturated heterocycles. The molecule has 2 N–H and O–H groups in total. The third kappa shape index (κ3) is 6.46. The largest absolute Gasteiger partial charge is 0.338 e. The Balaban J connectivity index is 1.68. The first kappa shape index (κ1) is 24.9. The maximum absolute atomic E-state index is 13.7. The Morgan fingerprint density at radius 1 is 1.03 bits per heavy atom. The highest BCUT2D eigenvalue weighted by Gasteiger charge is 2.28. The Labute approximate surface area is 208 Å². The average molecular weight is 497 g/mol. The van der Waals surface area contributed by atoms with E-state index in [4.69, 9.17) is 0 Å². The number of imide groups is 1. The van der Waals surface area contributed by atoms with Crippen molar-refractivity contribution in [1.82, 2.24) is 30.3 Å². The minimum absolute atomic E-state index is 0.336. The monoisotopic (exact) mass is 496 g/mol. The summed E-state index contributed by atoms with van der Waals surface area (Å²) in [7, 11) is 0. The van der Waals surface area contributed by atoms with Crippen molar-refractivity contribution in [3.63, 3.8) is 0 Å². The predicted molar refractivity (Wildman–Crippen MR) is 133 cm³/mol. The Morgan fingerprint density at radius 2 is 1.74 bits per heavy atom. The van der Waals surface area contributed by atoms with E-state index in [1.165, 1.54) is 30.3 Å². The lowest BCUT2D eigenvalue weighted by Crippen LogP contribution is -2.41. The molecule has 1 aliphatic rings. The molecule has 2 heterocycles. The van der Waals surface area contributed by atoms with Crippen LogP contribution in [0.3, 0.4) is 0 Å². The Bertz CT molecular complexity index is 1130. The Morgan fingerprint density at radius 3 is 2.43 bits per heavy atom. The number of benzene rings is 2. The summed E-state index contributed by atoms with van der Waals surface area (Å²) in [5.41, 5.74) is 1.44. The van der Waals surface area contributed by atoms with Crippen LogP contribution in [-0.2, 0) is 11.3 Å². The number of aromatic nitrogens is 3. The second kappa shape index (κ2) is 11.9. The van der Waals surface area contributed by atoms with E-state index in [2.05, 4.69) is 25.7 Å². The van der Waals surface area contributed by atoms with E-state index >= 15 is 0 Å². The number of nitrogens with one attached hydrogen (secondary N) is 2. The molecule has 1 atom stereocenters. The number of thioether (sulfide) groups is 1. The number of carbonyl (C=O) groups is 2. The topological polar surface area (TPSA) is 92.2 Å². The average Bonchev–Trinajstić information content (AvgIpc) is 3.26.